The van der Waals surface area contributed by atoms with Crippen LogP contribution >= 0.6 is 11.6 Å². The van der Waals surface area contributed by atoms with Gasteiger partial charge >= 0.3 is 0 Å². The quantitative estimate of drug-likeness (QED) is 0.928. The number of carbonyl (C=O) groups excluding carboxylic acids is 1. The Labute approximate surface area is 129 Å². The van der Waals surface area contributed by atoms with Crippen molar-refractivity contribution in [1.29, 1.82) is 0 Å². The van der Waals surface area contributed by atoms with Gasteiger partial charge in [0.2, 0.25) is 0 Å². The molecule has 21 heavy (non-hydrogen) atoms. The maximum atomic E-state index is 12.3. The Morgan fingerprint density at radius 2 is 2.00 bits per heavy atom. The topological polar surface area (TPSA) is 54.9 Å². The lowest BCUT2D eigenvalue weighted by Gasteiger charge is -2.11. The zero-order valence-electron chi connectivity index (χ0n) is 12.6. The second-order valence-electron chi connectivity index (χ2n) is 5.30. The van der Waals surface area contributed by atoms with Crippen LogP contribution in [0.3, 0.4) is 0 Å². The zero-order valence-corrected chi connectivity index (χ0v) is 13.3. The van der Waals surface area contributed by atoms with E-state index in [1.54, 1.807) is 18.3 Å². The molecule has 5 heteroatoms. The smallest absolute Gasteiger partial charge is 0.259 e. The van der Waals surface area contributed by atoms with Crippen LogP contribution in [-0.4, -0.2) is 15.9 Å². The number of amides is 1. The highest BCUT2D eigenvalue weighted by Crippen LogP contribution is 2.21. The Hall–Kier alpha value is -1.94. The van der Waals surface area contributed by atoms with E-state index in [0.29, 0.717) is 22.0 Å². The van der Waals surface area contributed by atoms with E-state index in [9.17, 15) is 4.79 Å². The van der Waals surface area contributed by atoms with E-state index in [4.69, 9.17) is 11.6 Å². The highest BCUT2D eigenvalue weighted by Gasteiger charge is 2.14. The number of nitrogens with zero attached hydrogens (tertiary/aromatic N) is 2. The molecule has 2 aromatic rings. The monoisotopic (exact) mass is 303 g/mol. The van der Waals surface area contributed by atoms with Crippen molar-refractivity contribution < 1.29 is 4.79 Å². The van der Waals surface area contributed by atoms with Gasteiger partial charge in [-0.1, -0.05) is 31.5 Å². The molecule has 0 spiro atoms. The lowest BCUT2D eigenvalue weighted by Crippen LogP contribution is -2.16. The van der Waals surface area contributed by atoms with Crippen molar-refractivity contribution in [1.82, 2.24) is 9.97 Å². The van der Waals surface area contributed by atoms with Crippen molar-refractivity contribution in [2.45, 2.75) is 33.6 Å². The number of anilines is 1. The molecule has 0 aliphatic carbocycles. The lowest BCUT2D eigenvalue weighted by molar-refractivity contribution is 0.102. The van der Waals surface area contributed by atoms with Gasteiger partial charge < -0.3 is 5.32 Å². The number of benzene rings is 1. The molecule has 0 atom stereocenters. The minimum Gasteiger partial charge on any atom is -0.322 e. The Kier molecular flexibility index (Phi) is 4.58. The van der Waals surface area contributed by atoms with Crippen LogP contribution in [0, 0.1) is 13.8 Å². The lowest BCUT2D eigenvalue weighted by atomic mass is 10.1. The third kappa shape index (κ3) is 3.58. The molecule has 0 saturated carbocycles. The van der Waals surface area contributed by atoms with Crippen LogP contribution in [-0.2, 0) is 0 Å². The molecular formula is C16H18ClN3O. The summed E-state index contributed by atoms with van der Waals surface area (Å²) in [6.45, 7) is 7.76. The molecule has 110 valence electrons. The van der Waals surface area contributed by atoms with E-state index in [1.807, 2.05) is 33.8 Å². The molecule has 0 saturated heterocycles. The molecular weight excluding hydrogens is 286 g/mol. The van der Waals surface area contributed by atoms with Gasteiger partial charge in [0.15, 0.2) is 0 Å². The third-order valence-corrected chi connectivity index (χ3v) is 3.44. The predicted octanol–water partition coefficient (Wildman–Crippen LogP) is 4.12. The molecule has 1 N–H and O–H groups in total. The molecule has 4 nitrogen and oxygen atoms in total. The first-order valence-corrected chi connectivity index (χ1v) is 7.17. The van der Waals surface area contributed by atoms with Crippen molar-refractivity contribution in [2.75, 3.05) is 5.32 Å². The fourth-order valence-corrected chi connectivity index (χ4v) is 2.08. The Balaban J connectivity index is 2.26. The minimum atomic E-state index is -0.229. The van der Waals surface area contributed by atoms with Gasteiger partial charge in [0, 0.05) is 22.8 Å². The molecule has 1 heterocycles. The second-order valence-corrected chi connectivity index (χ2v) is 5.73. The van der Waals surface area contributed by atoms with Crippen molar-refractivity contribution in [3.8, 4) is 0 Å². The van der Waals surface area contributed by atoms with Crippen LogP contribution in [0.5, 0.6) is 0 Å². The summed E-state index contributed by atoms with van der Waals surface area (Å²) in [6, 6.07) is 5.38. The van der Waals surface area contributed by atoms with Gasteiger partial charge in [-0.05, 0) is 31.5 Å². The van der Waals surface area contributed by atoms with Crippen LogP contribution < -0.4 is 5.32 Å². The Bertz CT molecular complexity index is 683. The van der Waals surface area contributed by atoms with Gasteiger partial charge in [0.25, 0.3) is 5.91 Å². The van der Waals surface area contributed by atoms with Crippen LogP contribution in [0.25, 0.3) is 0 Å². The van der Waals surface area contributed by atoms with Gasteiger partial charge in [0.1, 0.15) is 5.82 Å². The average Bonchev–Trinajstić information content (AvgIpc) is 2.42. The summed E-state index contributed by atoms with van der Waals surface area (Å²) in [6.07, 6.45) is 1.58. The van der Waals surface area contributed by atoms with Crippen molar-refractivity contribution >= 4 is 23.2 Å². The maximum absolute atomic E-state index is 12.3. The summed E-state index contributed by atoms with van der Waals surface area (Å²) in [7, 11) is 0. The summed E-state index contributed by atoms with van der Waals surface area (Å²) in [4.78, 5) is 21.0. The molecule has 0 bridgehead atoms. The van der Waals surface area contributed by atoms with Gasteiger partial charge in [0.05, 0.1) is 11.3 Å². The molecule has 1 aromatic carbocycles. The van der Waals surface area contributed by atoms with Crippen LogP contribution in [0.1, 0.15) is 47.2 Å². The first-order chi connectivity index (χ1) is 9.88. The zero-order chi connectivity index (χ0) is 15.6. The van der Waals surface area contributed by atoms with E-state index >= 15 is 0 Å². The number of aromatic nitrogens is 2. The van der Waals surface area contributed by atoms with Crippen LogP contribution in [0.4, 0.5) is 5.69 Å². The number of carbonyl (C=O) groups is 1. The molecule has 0 aliphatic heterocycles. The van der Waals surface area contributed by atoms with Crippen molar-refractivity contribution in [3.05, 3.63) is 52.1 Å². The summed E-state index contributed by atoms with van der Waals surface area (Å²) in [5.74, 6) is 0.743. The van der Waals surface area contributed by atoms with E-state index < -0.39 is 0 Å². The number of aryl methyl sites for hydroxylation is 2. The number of halogens is 1. The van der Waals surface area contributed by atoms with Crippen molar-refractivity contribution in [2.24, 2.45) is 0 Å². The van der Waals surface area contributed by atoms with Gasteiger partial charge in [-0.15, -0.1) is 0 Å². The summed E-state index contributed by atoms with van der Waals surface area (Å²) in [5.41, 5.74) is 2.79. The third-order valence-electron chi connectivity index (χ3n) is 3.21. The molecule has 0 fully saturated rings. The maximum Gasteiger partial charge on any atom is 0.259 e. The van der Waals surface area contributed by atoms with Crippen LogP contribution in [0.15, 0.2) is 24.4 Å². The first kappa shape index (κ1) is 15.4. The second kappa shape index (κ2) is 6.22. The van der Waals surface area contributed by atoms with E-state index in [2.05, 4.69) is 15.3 Å². The summed E-state index contributed by atoms with van der Waals surface area (Å²) in [5, 5.41) is 3.44. The highest BCUT2D eigenvalue weighted by molar-refractivity contribution is 6.31. The summed E-state index contributed by atoms with van der Waals surface area (Å²) < 4.78 is 0. The summed E-state index contributed by atoms with van der Waals surface area (Å²) >= 11 is 5.96. The SMILES string of the molecule is Cc1ccc(Cl)cc1NC(=O)c1cnc(C(C)C)nc1C. The Morgan fingerprint density at radius 1 is 1.29 bits per heavy atom. The van der Waals surface area contributed by atoms with E-state index in [0.717, 1.165) is 11.4 Å². The normalized spacial score (nSPS) is 10.8. The molecule has 2 rings (SSSR count). The minimum absolute atomic E-state index is 0.229. The molecule has 1 amide bonds. The van der Waals surface area contributed by atoms with Crippen LogP contribution in [0.2, 0.25) is 5.02 Å². The predicted molar refractivity (Wildman–Crippen MR) is 85.0 cm³/mol. The number of rotatable bonds is 3. The number of nitrogens with one attached hydrogen (secondary N) is 1. The first-order valence-electron chi connectivity index (χ1n) is 6.79. The van der Waals surface area contributed by atoms with Gasteiger partial charge in [-0.25, -0.2) is 9.97 Å². The van der Waals surface area contributed by atoms with Gasteiger partial charge in [-0.2, -0.15) is 0 Å². The van der Waals surface area contributed by atoms with Gasteiger partial charge in [-0.3, -0.25) is 4.79 Å². The number of hydrogen-bond acceptors (Lipinski definition) is 3. The Morgan fingerprint density at radius 3 is 2.62 bits per heavy atom. The standard InChI is InChI=1S/C16H18ClN3O/c1-9(2)15-18-8-13(11(4)19-15)16(21)20-14-7-12(17)6-5-10(14)3/h5-9H,1-4H3,(H,20,21). The fraction of sp³-hybridized carbons (Fsp3) is 0.312. The fourth-order valence-electron chi connectivity index (χ4n) is 1.90. The number of hydrogen-bond donors (Lipinski definition) is 1. The molecule has 0 unspecified atom stereocenters. The molecule has 1 aromatic heterocycles. The molecule has 0 aliphatic rings. The largest absolute Gasteiger partial charge is 0.322 e. The average molecular weight is 304 g/mol. The van der Waals surface area contributed by atoms with Crippen molar-refractivity contribution in [3.63, 3.8) is 0 Å². The van der Waals surface area contributed by atoms with E-state index in [-0.39, 0.29) is 11.8 Å². The highest BCUT2D eigenvalue weighted by atomic mass is 35.5. The molecule has 0 radical (unpaired) electrons. The van der Waals surface area contributed by atoms with E-state index in [1.165, 1.54) is 0 Å².